The Morgan fingerprint density at radius 1 is 1.03 bits per heavy atom. The standard InChI is InChI=1S/C22H30N6O/c1-26-11-13-28(14-12-26)21-15-20(23-17-24-21)22(29)25-19-7-9-27(10-8-19)16-18-5-3-2-4-6-18/h2-6,15,17,19H,7-14,16H2,1H3,(H,25,29). The van der Waals surface area contributed by atoms with Gasteiger partial charge in [0.2, 0.25) is 0 Å². The average Bonchev–Trinajstić information content (AvgIpc) is 2.76. The third kappa shape index (κ3) is 5.31. The van der Waals surface area contributed by atoms with Crippen LogP contribution in [0.4, 0.5) is 5.82 Å². The monoisotopic (exact) mass is 394 g/mol. The molecular weight excluding hydrogens is 364 g/mol. The van der Waals surface area contributed by atoms with Crippen molar-refractivity contribution < 1.29 is 4.79 Å². The molecule has 0 spiro atoms. The highest BCUT2D eigenvalue weighted by Gasteiger charge is 2.23. The highest BCUT2D eigenvalue weighted by Crippen LogP contribution is 2.16. The molecule has 7 heteroatoms. The van der Waals surface area contributed by atoms with Crippen LogP contribution in [0.25, 0.3) is 0 Å². The summed E-state index contributed by atoms with van der Waals surface area (Å²) >= 11 is 0. The zero-order valence-electron chi connectivity index (χ0n) is 17.1. The van der Waals surface area contributed by atoms with E-state index in [-0.39, 0.29) is 11.9 Å². The summed E-state index contributed by atoms with van der Waals surface area (Å²) in [5.41, 5.74) is 1.80. The van der Waals surface area contributed by atoms with Gasteiger partial charge in [0.25, 0.3) is 5.91 Å². The molecule has 0 unspecified atom stereocenters. The molecule has 1 aromatic heterocycles. The highest BCUT2D eigenvalue weighted by molar-refractivity contribution is 5.93. The minimum Gasteiger partial charge on any atom is -0.354 e. The van der Waals surface area contributed by atoms with Gasteiger partial charge < -0.3 is 15.1 Å². The number of likely N-dealkylation sites (tertiary alicyclic amines) is 1. The van der Waals surface area contributed by atoms with E-state index in [9.17, 15) is 4.79 Å². The van der Waals surface area contributed by atoms with Crippen molar-refractivity contribution in [3.63, 3.8) is 0 Å². The number of aromatic nitrogens is 2. The van der Waals surface area contributed by atoms with Crippen LogP contribution < -0.4 is 10.2 Å². The van der Waals surface area contributed by atoms with E-state index < -0.39 is 0 Å². The molecule has 0 aliphatic carbocycles. The molecular formula is C22H30N6O. The SMILES string of the molecule is CN1CCN(c2cc(C(=O)NC3CCN(Cc4ccccc4)CC3)ncn2)CC1. The predicted octanol–water partition coefficient (Wildman–Crippen LogP) is 1.62. The number of rotatable bonds is 5. The largest absolute Gasteiger partial charge is 0.354 e. The molecule has 2 saturated heterocycles. The lowest BCUT2D eigenvalue weighted by Crippen LogP contribution is -2.45. The smallest absolute Gasteiger partial charge is 0.270 e. The van der Waals surface area contributed by atoms with Gasteiger partial charge in [0.1, 0.15) is 17.8 Å². The Bertz CT molecular complexity index is 798. The molecule has 0 atom stereocenters. The number of hydrogen-bond acceptors (Lipinski definition) is 6. The first-order chi connectivity index (χ1) is 14.2. The van der Waals surface area contributed by atoms with Crippen molar-refractivity contribution in [2.24, 2.45) is 0 Å². The summed E-state index contributed by atoms with van der Waals surface area (Å²) in [6.45, 7) is 6.83. The van der Waals surface area contributed by atoms with Gasteiger partial charge in [-0.1, -0.05) is 30.3 Å². The number of benzene rings is 1. The molecule has 0 saturated carbocycles. The van der Waals surface area contributed by atoms with Gasteiger partial charge >= 0.3 is 0 Å². The predicted molar refractivity (Wildman–Crippen MR) is 114 cm³/mol. The fourth-order valence-corrected chi connectivity index (χ4v) is 4.02. The Balaban J connectivity index is 1.28. The Labute approximate surface area is 172 Å². The molecule has 0 radical (unpaired) electrons. The van der Waals surface area contributed by atoms with E-state index in [4.69, 9.17) is 0 Å². The van der Waals surface area contributed by atoms with Crippen molar-refractivity contribution in [2.45, 2.75) is 25.4 Å². The maximum atomic E-state index is 12.7. The molecule has 7 nitrogen and oxygen atoms in total. The van der Waals surface area contributed by atoms with Gasteiger partial charge in [0, 0.05) is 57.9 Å². The van der Waals surface area contributed by atoms with Crippen LogP contribution in [0.1, 0.15) is 28.9 Å². The number of likely N-dealkylation sites (N-methyl/N-ethyl adjacent to an activating group) is 1. The van der Waals surface area contributed by atoms with Crippen LogP contribution >= 0.6 is 0 Å². The van der Waals surface area contributed by atoms with Crippen molar-refractivity contribution in [2.75, 3.05) is 51.2 Å². The van der Waals surface area contributed by atoms with Crippen LogP contribution in [0.3, 0.4) is 0 Å². The van der Waals surface area contributed by atoms with Crippen molar-refractivity contribution in [3.05, 3.63) is 54.0 Å². The van der Waals surface area contributed by atoms with E-state index in [1.54, 1.807) is 0 Å². The average molecular weight is 395 g/mol. The van der Waals surface area contributed by atoms with E-state index in [2.05, 4.69) is 61.3 Å². The van der Waals surface area contributed by atoms with Gasteiger partial charge in [0.05, 0.1) is 0 Å². The van der Waals surface area contributed by atoms with E-state index in [0.29, 0.717) is 5.69 Å². The van der Waals surface area contributed by atoms with Crippen molar-refractivity contribution >= 4 is 11.7 Å². The summed E-state index contributed by atoms with van der Waals surface area (Å²) in [5, 5.41) is 3.17. The third-order valence-electron chi connectivity index (χ3n) is 5.88. The first-order valence-electron chi connectivity index (χ1n) is 10.5. The minimum absolute atomic E-state index is 0.0933. The number of piperidine rings is 1. The van der Waals surface area contributed by atoms with E-state index in [1.807, 2.05) is 12.1 Å². The second-order valence-corrected chi connectivity index (χ2v) is 8.06. The lowest BCUT2D eigenvalue weighted by Gasteiger charge is -2.33. The van der Waals surface area contributed by atoms with Gasteiger partial charge in [-0.25, -0.2) is 9.97 Å². The van der Waals surface area contributed by atoms with Gasteiger partial charge in [0.15, 0.2) is 0 Å². The molecule has 29 heavy (non-hydrogen) atoms. The molecule has 1 aromatic carbocycles. The molecule has 1 N–H and O–H groups in total. The Kier molecular flexibility index (Phi) is 6.36. The van der Waals surface area contributed by atoms with E-state index >= 15 is 0 Å². The summed E-state index contributed by atoms with van der Waals surface area (Å²) in [5.74, 6) is 0.750. The summed E-state index contributed by atoms with van der Waals surface area (Å²) in [4.78, 5) is 28.3. The minimum atomic E-state index is -0.0933. The molecule has 3 heterocycles. The maximum Gasteiger partial charge on any atom is 0.270 e. The quantitative estimate of drug-likeness (QED) is 0.832. The third-order valence-corrected chi connectivity index (χ3v) is 5.88. The summed E-state index contributed by atoms with van der Waals surface area (Å²) in [7, 11) is 2.13. The fraction of sp³-hybridized carbons (Fsp3) is 0.500. The van der Waals surface area contributed by atoms with Crippen molar-refractivity contribution in [1.29, 1.82) is 0 Å². The van der Waals surface area contributed by atoms with Gasteiger partial charge in [-0.15, -0.1) is 0 Å². The van der Waals surface area contributed by atoms with Crippen LogP contribution in [0.15, 0.2) is 42.7 Å². The van der Waals surface area contributed by atoms with Crippen LogP contribution in [-0.2, 0) is 6.54 Å². The van der Waals surface area contributed by atoms with Crippen molar-refractivity contribution in [3.8, 4) is 0 Å². The zero-order valence-corrected chi connectivity index (χ0v) is 17.1. The number of carbonyl (C=O) groups excluding carboxylic acids is 1. The number of hydrogen-bond donors (Lipinski definition) is 1. The summed E-state index contributed by atoms with van der Waals surface area (Å²) in [6.07, 6.45) is 3.44. The van der Waals surface area contributed by atoms with Gasteiger partial charge in [-0.3, -0.25) is 9.69 Å². The Morgan fingerprint density at radius 3 is 2.48 bits per heavy atom. The normalized spacial score (nSPS) is 19.3. The van der Waals surface area contributed by atoms with Crippen LogP contribution in [-0.4, -0.2) is 78.0 Å². The molecule has 4 rings (SSSR count). The van der Waals surface area contributed by atoms with E-state index in [0.717, 1.165) is 64.5 Å². The summed E-state index contributed by atoms with van der Waals surface area (Å²) in [6, 6.07) is 12.6. The molecule has 2 aliphatic rings. The molecule has 1 amide bonds. The maximum absolute atomic E-state index is 12.7. The molecule has 2 aromatic rings. The number of nitrogens with zero attached hydrogens (tertiary/aromatic N) is 5. The molecule has 154 valence electrons. The molecule has 2 fully saturated rings. The second-order valence-electron chi connectivity index (χ2n) is 8.06. The van der Waals surface area contributed by atoms with E-state index in [1.165, 1.54) is 11.9 Å². The Hall–Kier alpha value is -2.51. The van der Waals surface area contributed by atoms with Crippen LogP contribution in [0.5, 0.6) is 0 Å². The number of amides is 1. The number of carbonyl (C=O) groups is 1. The zero-order chi connectivity index (χ0) is 20.1. The second kappa shape index (κ2) is 9.33. The number of piperazine rings is 1. The lowest BCUT2D eigenvalue weighted by atomic mass is 10.0. The van der Waals surface area contributed by atoms with Gasteiger partial charge in [-0.05, 0) is 25.5 Å². The molecule has 2 aliphatic heterocycles. The van der Waals surface area contributed by atoms with Crippen LogP contribution in [0.2, 0.25) is 0 Å². The van der Waals surface area contributed by atoms with Crippen LogP contribution in [0, 0.1) is 0 Å². The summed E-state index contributed by atoms with van der Waals surface area (Å²) < 4.78 is 0. The highest BCUT2D eigenvalue weighted by atomic mass is 16.1. The first kappa shape index (κ1) is 19.8. The first-order valence-corrected chi connectivity index (χ1v) is 10.5. The Morgan fingerprint density at radius 2 is 1.76 bits per heavy atom. The van der Waals surface area contributed by atoms with Gasteiger partial charge in [-0.2, -0.15) is 0 Å². The number of nitrogens with one attached hydrogen (secondary N) is 1. The number of anilines is 1. The molecule has 0 bridgehead atoms. The van der Waals surface area contributed by atoms with Crippen molar-refractivity contribution in [1.82, 2.24) is 25.1 Å². The topological polar surface area (TPSA) is 64.6 Å². The fourth-order valence-electron chi connectivity index (χ4n) is 4.02. The lowest BCUT2D eigenvalue weighted by molar-refractivity contribution is 0.0903.